The summed E-state index contributed by atoms with van der Waals surface area (Å²) >= 11 is 0. The van der Waals surface area contributed by atoms with Gasteiger partial charge in [0.05, 0.1) is 20.6 Å². The highest BCUT2D eigenvalue weighted by atomic mass is 16.5. The number of hydrazine groups is 1. The highest BCUT2D eigenvalue weighted by molar-refractivity contribution is 5.96. The lowest BCUT2D eigenvalue weighted by molar-refractivity contribution is -0.121. The summed E-state index contributed by atoms with van der Waals surface area (Å²) in [4.78, 5) is 24.5. The first-order valence-electron chi connectivity index (χ1n) is 9.02. The third-order valence-corrected chi connectivity index (χ3v) is 4.71. The summed E-state index contributed by atoms with van der Waals surface area (Å²) in [6.07, 6.45) is 4.83. The first-order chi connectivity index (χ1) is 13.1. The van der Waals surface area contributed by atoms with Crippen molar-refractivity contribution in [1.82, 2.24) is 10.9 Å². The van der Waals surface area contributed by atoms with Crippen molar-refractivity contribution in [1.29, 1.82) is 0 Å². The van der Waals surface area contributed by atoms with Gasteiger partial charge >= 0.3 is 0 Å². The number of carbonyl (C=O) groups excluding carboxylic acids is 2. The minimum atomic E-state index is -0.439. The van der Waals surface area contributed by atoms with Crippen molar-refractivity contribution >= 4 is 11.8 Å². The summed E-state index contributed by atoms with van der Waals surface area (Å²) < 4.78 is 10.3. The van der Waals surface area contributed by atoms with E-state index in [4.69, 9.17) is 9.47 Å². The van der Waals surface area contributed by atoms with Gasteiger partial charge in [-0.2, -0.15) is 0 Å². The minimum absolute atomic E-state index is 0.217. The molecule has 0 fully saturated rings. The topological polar surface area (TPSA) is 76.7 Å². The van der Waals surface area contributed by atoms with Gasteiger partial charge in [0.25, 0.3) is 5.91 Å². The molecule has 27 heavy (non-hydrogen) atoms. The zero-order valence-corrected chi connectivity index (χ0v) is 15.6. The van der Waals surface area contributed by atoms with Gasteiger partial charge in [0.1, 0.15) is 11.5 Å². The molecule has 0 aromatic heterocycles. The Morgan fingerprint density at radius 2 is 1.56 bits per heavy atom. The maximum Gasteiger partial charge on any atom is 0.269 e. The highest BCUT2D eigenvalue weighted by Crippen LogP contribution is 2.23. The predicted octanol–water partition coefficient (Wildman–Crippen LogP) is 2.59. The zero-order chi connectivity index (χ0) is 19.2. The average molecular weight is 368 g/mol. The molecule has 0 saturated heterocycles. The van der Waals surface area contributed by atoms with Gasteiger partial charge in [0.2, 0.25) is 5.91 Å². The fourth-order valence-corrected chi connectivity index (χ4v) is 3.26. The quantitative estimate of drug-likeness (QED) is 0.796. The number of carbonyl (C=O) groups is 2. The summed E-state index contributed by atoms with van der Waals surface area (Å²) in [5.41, 5.74) is 8.89. The van der Waals surface area contributed by atoms with E-state index < -0.39 is 5.91 Å². The maximum atomic E-state index is 12.3. The normalized spacial score (nSPS) is 12.7. The number of nitrogens with one attached hydrogen (secondary N) is 2. The molecule has 6 heteroatoms. The number of methoxy groups -OCH3 is 2. The van der Waals surface area contributed by atoms with Crippen molar-refractivity contribution in [2.45, 2.75) is 32.1 Å². The largest absolute Gasteiger partial charge is 0.497 e. The number of rotatable bonds is 5. The second-order valence-corrected chi connectivity index (χ2v) is 6.59. The van der Waals surface area contributed by atoms with E-state index in [1.54, 1.807) is 18.2 Å². The van der Waals surface area contributed by atoms with Gasteiger partial charge in [-0.15, -0.1) is 0 Å². The Kier molecular flexibility index (Phi) is 5.96. The van der Waals surface area contributed by atoms with E-state index in [1.165, 1.54) is 38.2 Å². The van der Waals surface area contributed by atoms with Crippen LogP contribution >= 0.6 is 0 Å². The molecule has 1 aliphatic rings. The van der Waals surface area contributed by atoms with Crippen LogP contribution in [0.4, 0.5) is 0 Å². The molecular formula is C21H24N2O4. The number of hydrogen-bond donors (Lipinski definition) is 2. The highest BCUT2D eigenvalue weighted by Gasteiger charge is 2.13. The smallest absolute Gasteiger partial charge is 0.269 e. The van der Waals surface area contributed by atoms with E-state index in [0.29, 0.717) is 17.1 Å². The van der Waals surface area contributed by atoms with Crippen molar-refractivity contribution in [3.05, 3.63) is 58.7 Å². The number of ether oxygens (including phenoxy) is 2. The van der Waals surface area contributed by atoms with E-state index >= 15 is 0 Å². The second kappa shape index (κ2) is 8.58. The van der Waals surface area contributed by atoms with Crippen molar-refractivity contribution in [2.75, 3.05) is 14.2 Å². The fraction of sp³-hybridized carbons (Fsp3) is 0.333. The summed E-state index contributed by atoms with van der Waals surface area (Å²) in [5.74, 6) is 0.291. The Morgan fingerprint density at radius 3 is 2.22 bits per heavy atom. The number of amides is 2. The Morgan fingerprint density at radius 1 is 0.889 bits per heavy atom. The Hall–Kier alpha value is -3.02. The minimum Gasteiger partial charge on any atom is -0.497 e. The van der Waals surface area contributed by atoms with E-state index in [1.807, 2.05) is 6.07 Å². The first-order valence-corrected chi connectivity index (χ1v) is 9.02. The molecule has 0 spiro atoms. The van der Waals surface area contributed by atoms with Gasteiger partial charge in [-0.3, -0.25) is 20.4 Å². The second-order valence-electron chi connectivity index (χ2n) is 6.59. The number of hydrogen-bond acceptors (Lipinski definition) is 4. The lowest BCUT2D eigenvalue weighted by Crippen LogP contribution is -2.42. The van der Waals surface area contributed by atoms with Crippen LogP contribution < -0.4 is 20.3 Å². The van der Waals surface area contributed by atoms with Crippen LogP contribution in [0.1, 0.15) is 39.9 Å². The van der Waals surface area contributed by atoms with Gasteiger partial charge in [-0.1, -0.05) is 18.2 Å². The number of benzene rings is 2. The van der Waals surface area contributed by atoms with Crippen LogP contribution in [0.2, 0.25) is 0 Å². The van der Waals surface area contributed by atoms with Gasteiger partial charge in [0, 0.05) is 11.6 Å². The molecule has 2 N–H and O–H groups in total. The van der Waals surface area contributed by atoms with Crippen LogP contribution in [0.3, 0.4) is 0 Å². The molecule has 0 radical (unpaired) electrons. The maximum absolute atomic E-state index is 12.3. The van der Waals surface area contributed by atoms with Crippen LogP contribution in [-0.2, 0) is 24.1 Å². The Bertz CT molecular complexity index is 826. The van der Waals surface area contributed by atoms with E-state index in [0.717, 1.165) is 18.4 Å². The van der Waals surface area contributed by atoms with Crippen molar-refractivity contribution in [3.63, 3.8) is 0 Å². The molecule has 0 bridgehead atoms. The Labute approximate surface area is 158 Å². The van der Waals surface area contributed by atoms with Crippen LogP contribution in [0.15, 0.2) is 36.4 Å². The third kappa shape index (κ3) is 4.78. The van der Waals surface area contributed by atoms with Gasteiger partial charge < -0.3 is 9.47 Å². The predicted molar refractivity (Wildman–Crippen MR) is 102 cm³/mol. The summed E-state index contributed by atoms with van der Waals surface area (Å²) in [5, 5.41) is 0. The molecule has 2 amide bonds. The van der Waals surface area contributed by atoms with E-state index in [2.05, 4.69) is 23.0 Å². The van der Waals surface area contributed by atoms with Gasteiger partial charge in [0.15, 0.2) is 0 Å². The van der Waals surface area contributed by atoms with Crippen molar-refractivity contribution in [3.8, 4) is 11.5 Å². The third-order valence-electron chi connectivity index (χ3n) is 4.71. The van der Waals surface area contributed by atoms with Crippen LogP contribution in [0.5, 0.6) is 11.5 Å². The van der Waals surface area contributed by atoms with Crippen molar-refractivity contribution in [2.24, 2.45) is 0 Å². The first kappa shape index (κ1) is 18.8. The van der Waals surface area contributed by atoms with Gasteiger partial charge in [-0.05, 0) is 54.5 Å². The molecule has 142 valence electrons. The lowest BCUT2D eigenvalue weighted by atomic mass is 9.90. The molecular weight excluding hydrogens is 344 g/mol. The molecule has 0 atom stereocenters. The van der Waals surface area contributed by atoms with Crippen LogP contribution in [0, 0.1) is 0 Å². The fourth-order valence-electron chi connectivity index (χ4n) is 3.26. The van der Waals surface area contributed by atoms with Crippen molar-refractivity contribution < 1.29 is 19.1 Å². The van der Waals surface area contributed by atoms with Gasteiger partial charge in [-0.25, -0.2) is 0 Å². The van der Waals surface area contributed by atoms with Crippen LogP contribution in [-0.4, -0.2) is 26.0 Å². The monoisotopic (exact) mass is 368 g/mol. The molecule has 2 aromatic carbocycles. The average Bonchev–Trinajstić information content (AvgIpc) is 2.71. The standard InChI is InChI=1S/C21H24N2O4/c1-26-18-11-17(12-19(13-18)27-2)21(25)23-22-20(24)10-14-7-8-15-5-3-4-6-16(15)9-14/h7-9,11-13H,3-6,10H2,1-2H3,(H,22,24)(H,23,25). The van der Waals surface area contributed by atoms with E-state index in [-0.39, 0.29) is 12.3 Å². The van der Waals surface area contributed by atoms with Crippen LogP contribution in [0.25, 0.3) is 0 Å². The molecule has 0 saturated carbocycles. The number of aryl methyl sites for hydroxylation is 2. The summed E-state index contributed by atoms with van der Waals surface area (Å²) in [7, 11) is 3.02. The molecule has 6 nitrogen and oxygen atoms in total. The molecule has 3 rings (SSSR count). The van der Waals surface area contributed by atoms with E-state index in [9.17, 15) is 9.59 Å². The molecule has 1 aliphatic carbocycles. The molecule has 2 aromatic rings. The zero-order valence-electron chi connectivity index (χ0n) is 15.6. The Balaban J connectivity index is 1.58. The summed E-state index contributed by atoms with van der Waals surface area (Å²) in [6.45, 7) is 0. The SMILES string of the molecule is COc1cc(OC)cc(C(=O)NNC(=O)Cc2ccc3c(c2)CCCC3)c1. The molecule has 0 unspecified atom stereocenters. The molecule has 0 aliphatic heterocycles. The lowest BCUT2D eigenvalue weighted by Gasteiger charge is -2.16. The number of fused-ring (bicyclic) bond motifs is 1. The molecule has 0 heterocycles. The summed E-state index contributed by atoms with van der Waals surface area (Å²) in [6, 6.07) is 11.0.